The van der Waals surface area contributed by atoms with Gasteiger partial charge in [-0.25, -0.2) is 15.0 Å². The second kappa shape index (κ2) is 8.85. The average Bonchev–Trinajstić information content (AvgIpc) is 3.37. The van der Waals surface area contributed by atoms with Crippen LogP contribution in [0.15, 0.2) is 132 Å². The van der Waals surface area contributed by atoms with Gasteiger partial charge >= 0.3 is 0 Å². The van der Waals surface area contributed by atoms with Crippen LogP contribution in [0.1, 0.15) is 1.43 Å². The summed E-state index contributed by atoms with van der Waals surface area (Å²) in [4.78, 5) is 14.8. The van der Waals surface area contributed by atoms with Gasteiger partial charge in [0.25, 0.3) is 0 Å². The Kier molecular flexibility index (Phi) is 5.07. The van der Waals surface area contributed by atoms with Gasteiger partial charge in [-0.15, -0.1) is 0 Å². The van der Waals surface area contributed by atoms with Crippen LogP contribution < -0.4 is 0 Å². The van der Waals surface area contributed by atoms with E-state index >= 15 is 0 Å². The largest absolute Gasteiger partial charge is 1.00 e. The number of para-hydroxylation sites is 1. The first-order valence-electron chi connectivity index (χ1n) is 12.2. The highest BCUT2D eigenvalue weighted by atomic mass is 16.3. The summed E-state index contributed by atoms with van der Waals surface area (Å²) in [5.41, 5.74) is 6.78. The molecular weight excluding hydrogens is 454 g/mol. The van der Waals surface area contributed by atoms with Crippen LogP contribution in [0.25, 0.3) is 67.2 Å². The van der Waals surface area contributed by atoms with Crippen LogP contribution in [0, 0.1) is 0 Å². The number of hydrogen-bond donors (Lipinski definition) is 0. The van der Waals surface area contributed by atoms with Crippen LogP contribution >= 0.6 is 0 Å². The van der Waals surface area contributed by atoms with Gasteiger partial charge < -0.3 is 5.84 Å². The molecule has 0 spiro atoms. The molecule has 37 heavy (non-hydrogen) atoms. The van der Waals surface area contributed by atoms with Crippen LogP contribution in [0.4, 0.5) is 0 Å². The van der Waals surface area contributed by atoms with Crippen LogP contribution in [-0.4, -0.2) is 15.0 Å². The summed E-state index contributed by atoms with van der Waals surface area (Å²) in [6, 6.07) is 42.9. The van der Waals surface area contributed by atoms with E-state index in [9.17, 15) is 0 Å². The first kappa shape index (κ1) is 21.2. The Morgan fingerprint density at radius 2 is 0.919 bits per heavy atom. The highest BCUT2D eigenvalue weighted by molar-refractivity contribution is 6.11. The molecule has 0 atom stereocenters. The zero-order valence-electron chi connectivity index (χ0n) is 20.9. The lowest BCUT2D eigenvalue weighted by molar-refractivity contribution is 0.669. The van der Waals surface area contributed by atoms with E-state index in [1.165, 1.54) is 5.56 Å². The Morgan fingerprint density at radius 3 is 1.65 bits per heavy atom. The molecule has 4 heteroatoms. The molecule has 0 unspecified atom stereocenters. The topological polar surface area (TPSA) is 51.8 Å². The minimum absolute atomic E-state index is 0. The third kappa shape index (κ3) is 3.85. The van der Waals surface area contributed by atoms with E-state index in [0.717, 1.165) is 44.2 Å². The number of nitrogens with zero attached hydrogens (tertiary/aromatic N) is 3. The van der Waals surface area contributed by atoms with Crippen molar-refractivity contribution in [2.24, 2.45) is 0 Å². The monoisotopic (exact) mass is 477 g/mol. The molecule has 0 radical (unpaired) electrons. The van der Waals surface area contributed by atoms with Crippen molar-refractivity contribution in [1.82, 2.24) is 15.0 Å². The lowest BCUT2D eigenvalue weighted by atomic mass is 10.0. The van der Waals surface area contributed by atoms with E-state index in [2.05, 4.69) is 48.5 Å². The molecule has 5 aromatic carbocycles. The van der Waals surface area contributed by atoms with Crippen LogP contribution in [0.3, 0.4) is 0 Å². The average molecular weight is 478 g/mol. The quantitative estimate of drug-likeness (QED) is 0.255. The molecule has 7 rings (SSSR count). The molecule has 0 aliphatic heterocycles. The van der Waals surface area contributed by atoms with Crippen LogP contribution in [0.2, 0.25) is 0 Å². The van der Waals surface area contributed by atoms with Gasteiger partial charge in [-0.2, -0.15) is 0 Å². The van der Waals surface area contributed by atoms with Crippen molar-refractivity contribution in [2.75, 3.05) is 0 Å². The van der Waals surface area contributed by atoms with Gasteiger partial charge in [0.1, 0.15) is 11.2 Å². The van der Waals surface area contributed by atoms with E-state index in [4.69, 9.17) is 19.4 Å². The fourth-order valence-corrected chi connectivity index (χ4v) is 4.75. The summed E-state index contributed by atoms with van der Waals surface area (Å²) in [6.07, 6.45) is 0. The number of benzene rings is 5. The summed E-state index contributed by atoms with van der Waals surface area (Å²) in [6.45, 7) is 0. The van der Waals surface area contributed by atoms with Gasteiger partial charge in [0.05, 0.1) is 0 Å². The fraction of sp³-hybridized carbons (Fsp3) is 0. The molecule has 2 aromatic heterocycles. The molecule has 0 aliphatic carbocycles. The SMILES string of the molecule is [2H-].c1ccc(-c2ccc(-c3nc(-c4ccccc4)nc(-c4cccc5oc6ccccc6c45)n3)cc2)cc1. The van der Waals surface area contributed by atoms with Crippen molar-refractivity contribution in [3.63, 3.8) is 0 Å². The molecule has 176 valence electrons. The Morgan fingerprint density at radius 1 is 0.405 bits per heavy atom. The normalized spacial score (nSPS) is 11.2. The van der Waals surface area contributed by atoms with E-state index in [1.54, 1.807) is 0 Å². The summed E-state index contributed by atoms with van der Waals surface area (Å²) in [5, 5.41) is 2.05. The van der Waals surface area contributed by atoms with Crippen LogP contribution in [-0.2, 0) is 0 Å². The molecule has 0 fully saturated rings. The minimum atomic E-state index is 0. The summed E-state index contributed by atoms with van der Waals surface area (Å²) in [5.74, 6) is 1.89. The van der Waals surface area contributed by atoms with Crippen molar-refractivity contribution in [1.29, 1.82) is 0 Å². The van der Waals surface area contributed by atoms with Gasteiger partial charge in [-0.3, -0.25) is 0 Å². The van der Waals surface area contributed by atoms with Crippen molar-refractivity contribution in [3.05, 3.63) is 127 Å². The molecule has 7 aromatic rings. The number of aromatic nitrogens is 3. The molecule has 0 bridgehead atoms. The number of fused-ring (bicyclic) bond motifs is 3. The molecule has 0 saturated carbocycles. The maximum Gasteiger partial charge on any atom is 0.164 e. The highest BCUT2D eigenvalue weighted by Gasteiger charge is 2.17. The molecule has 0 amide bonds. The third-order valence-electron chi connectivity index (χ3n) is 6.56. The Bertz CT molecular complexity index is 1860. The smallest absolute Gasteiger partial charge is 0.164 e. The maximum absolute atomic E-state index is 6.13. The number of hydrogen-bond acceptors (Lipinski definition) is 4. The molecule has 2 heterocycles. The van der Waals surface area contributed by atoms with Crippen molar-refractivity contribution in [2.45, 2.75) is 0 Å². The van der Waals surface area contributed by atoms with Gasteiger partial charge in [0.15, 0.2) is 17.5 Å². The Hall–Kier alpha value is -5.09. The molecule has 0 aliphatic rings. The molecule has 0 N–H and O–H groups in total. The molecule has 4 nitrogen and oxygen atoms in total. The predicted octanol–water partition coefficient (Wildman–Crippen LogP) is 8.55. The van der Waals surface area contributed by atoms with E-state index in [0.29, 0.717) is 17.5 Å². The zero-order chi connectivity index (χ0) is 24.6. The van der Waals surface area contributed by atoms with E-state index in [1.807, 2.05) is 78.9 Å². The highest BCUT2D eigenvalue weighted by Crippen LogP contribution is 2.36. The number of furan rings is 1. The summed E-state index contributed by atoms with van der Waals surface area (Å²) >= 11 is 0. The predicted molar refractivity (Wildman–Crippen MR) is 150 cm³/mol. The van der Waals surface area contributed by atoms with Gasteiger partial charge in [0.2, 0.25) is 0 Å². The van der Waals surface area contributed by atoms with Crippen molar-refractivity contribution >= 4 is 21.9 Å². The number of rotatable bonds is 4. The Labute approximate surface area is 215 Å². The third-order valence-corrected chi connectivity index (χ3v) is 6.56. The van der Waals surface area contributed by atoms with Gasteiger partial charge in [0, 0.05) is 27.5 Å². The van der Waals surface area contributed by atoms with Gasteiger partial charge in [-0.1, -0.05) is 115 Å². The summed E-state index contributed by atoms with van der Waals surface area (Å²) < 4.78 is 6.13. The van der Waals surface area contributed by atoms with Gasteiger partial charge in [-0.05, 0) is 23.3 Å². The summed E-state index contributed by atoms with van der Waals surface area (Å²) in [7, 11) is 0. The lowest BCUT2D eigenvalue weighted by Gasteiger charge is -2.10. The second-order valence-electron chi connectivity index (χ2n) is 8.89. The Balaban J connectivity index is 0.00000264. The molecule has 0 saturated heterocycles. The van der Waals surface area contributed by atoms with E-state index < -0.39 is 0 Å². The first-order valence-corrected chi connectivity index (χ1v) is 12.2. The fourth-order valence-electron chi connectivity index (χ4n) is 4.75. The van der Waals surface area contributed by atoms with Crippen molar-refractivity contribution < 1.29 is 5.84 Å². The van der Waals surface area contributed by atoms with Crippen molar-refractivity contribution in [3.8, 4) is 45.3 Å². The first-order chi connectivity index (χ1) is 18.3. The van der Waals surface area contributed by atoms with E-state index in [-0.39, 0.29) is 1.43 Å². The lowest BCUT2D eigenvalue weighted by Crippen LogP contribution is -2.00. The maximum atomic E-state index is 6.13. The minimum Gasteiger partial charge on any atom is -1.00 e. The molecular formula is C33H22N3O-. The van der Waals surface area contributed by atoms with Crippen LogP contribution in [0.5, 0.6) is 0 Å². The second-order valence-corrected chi connectivity index (χ2v) is 8.89. The zero-order valence-corrected chi connectivity index (χ0v) is 19.9. The standard InChI is InChI=1S/C33H21N3O.H/c1-3-10-22(11-4-1)23-18-20-25(21-19-23)32-34-31(24-12-5-2-6-13-24)35-33(36-32)27-15-9-17-29-30(27)26-14-7-8-16-28(26)37-29;/h1-21H;/q;-1/i;1+1.